The maximum absolute atomic E-state index is 12.5. The summed E-state index contributed by atoms with van der Waals surface area (Å²) in [6.07, 6.45) is -4.12. The van der Waals surface area contributed by atoms with E-state index in [1.54, 1.807) is 13.0 Å². The van der Waals surface area contributed by atoms with Gasteiger partial charge in [-0.25, -0.2) is 4.79 Å². The van der Waals surface area contributed by atoms with E-state index in [4.69, 9.17) is 23.7 Å². The van der Waals surface area contributed by atoms with E-state index in [2.05, 4.69) is 13.8 Å². The molecule has 0 amide bonds. The van der Waals surface area contributed by atoms with Crippen molar-refractivity contribution in [3.8, 4) is 0 Å². The molecule has 0 aromatic carbocycles. The van der Waals surface area contributed by atoms with Crippen LogP contribution in [0.25, 0.3) is 0 Å². The summed E-state index contributed by atoms with van der Waals surface area (Å²) in [5.74, 6) is 0.825. The lowest BCUT2D eigenvalue weighted by Gasteiger charge is -2.64. The van der Waals surface area contributed by atoms with Crippen molar-refractivity contribution < 1.29 is 64.2 Å². The molecular weight excluding hydrogens is 628 g/mol. The highest BCUT2D eigenvalue weighted by Crippen LogP contribution is 2.70. The van der Waals surface area contributed by atoms with Gasteiger partial charge in [-0.05, 0) is 99.4 Å². The summed E-state index contributed by atoms with van der Waals surface area (Å²) in [7, 11) is 0. The van der Waals surface area contributed by atoms with Gasteiger partial charge in [-0.3, -0.25) is 0 Å². The third-order valence-corrected chi connectivity index (χ3v) is 14.2. The summed E-state index contributed by atoms with van der Waals surface area (Å²) in [4.78, 5) is 11.9. The zero-order chi connectivity index (χ0) is 34.3. The Labute approximate surface area is 281 Å². The number of esters is 1. The highest BCUT2D eigenvalue weighted by Gasteiger charge is 2.68. The van der Waals surface area contributed by atoms with Crippen molar-refractivity contribution in [1.82, 2.24) is 0 Å². The lowest BCUT2D eigenvalue weighted by Crippen LogP contribution is -2.64. The van der Waals surface area contributed by atoms with E-state index in [0.29, 0.717) is 18.4 Å². The van der Waals surface area contributed by atoms with E-state index in [1.165, 1.54) is 0 Å². The number of aliphatic hydroxyl groups is 7. The Morgan fingerprint density at radius 1 is 0.833 bits per heavy atom. The Bertz CT molecular complexity index is 1240. The van der Waals surface area contributed by atoms with Crippen LogP contribution < -0.4 is 0 Å². The van der Waals surface area contributed by atoms with Crippen LogP contribution in [0.2, 0.25) is 0 Å². The first-order valence-corrected chi connectivity index (χ1v) is 17.9. The molecule has 0 bridgehead atoms. The second kappa shape index (κ2) is 12.8. The highest BCUT2D eigenvalue weighted by atomic mass is 16.7. The fourth-order valence-corrected chi connectivity index (χ4v) is 11.3. The predicted octanol–water partition coefficient (Wildman–Crippen LogP) is 0.280. The molecular formula is C35H54O13. The summed E-state index contributed by atoms with van der Waals surface area (Å²) in [5.41, 5.74) is 0.00280. The zero-order valence-corrected chi connectivity index (χ0v) is 28.1. The van der Waals surface area contributed by atoms with Crippen molar-refractivity contribution in [2.75, 3.05) is 13.2 Å². The summed E-state index contributed by atoms with van der Waals surface area (Å²) >= 11 is 0. The van der Waals surface area contributed by atoms with E-state index < -0.39 is 73.6 Å². The number of fused-ring (bicyclic) bond motifs is 5. The first-order chi connectivity index (χ1) is 22.7. The van der Waals surface area contributed by atoms with Crippen molar-refractivity contribution >= 4 is 5.97 Å². The van der Waals surface area contributed by atoms with Crippen LogP contribution in [0, 0.1) is 34.5 Å². The van der Waals surface area contributed by atoms with Crippen LogP contribution in [0.5, 0.6) is 0 Å². The van der Waals surface area contributed by atoms with Gasteiger partial charge in [-0.1, -0.05) is 13.8 Å². The molecule has 0 unspecified atom stereocenters. The smallest absolute Gasteiger partial charge is 0.331 e. The Hall–Kier alpha value is -1.23. The molecule has 3 aliphatic heterocycles. The number of aliphatic hydroxyl groups excluding tert-OH is 6. The third kappa shape index (κ3) is 5.42. The Morgan fingerprint density at radius 3 is 2.27 bits per heavy atom. The van der Waals surface area contributed by atoms with Gasteiger partial charge in [0, 0.05) is 11.5 Å². The lowest BCUT2D eigenvalue weighted by atomic mass is 9.43. The Balaban J connectivity index is 0.977. The van der Waals surface area contributed by atoms with Crippen LogP contribution in [-0.2, 0) is 28.5 Å². The van der Waals surface area contributed by atoms with Crippen LogP contribution in [0.4, 0.5) is 0 Å². The third-order valence-electron chi connectivity index (χ3n) is 14.2. The summed E-state index contributed by atoms with van der Waals surface area (Å²) in [5, 5.41) is 74.7. The normalized spacial score (nSPS) is 55.3. The Kier molecular flexibility index (Phi) is 9.36. The van der Waals surface area contributed by atoms with Gasteiger partial charge in [0.2, 0.25) is 0 Å². The summed E-state index contributed by atoms with van der Waals surface area (Å²) < 4.78 is 28.8. The van der Waals surface area contributed by atoms with Gasteiger partial charge in [0.25, 0.3) is 0 Å². The topological polar surface area (TPSA) is 205 Å². The number of ether oxygens (including phenoxy) is 5. The van der Waals surface area contributed by atoms with Crippen LogP contribution >= 0.6 is 0 Å². The number of rotatable bonds is 6. The standard InChI is InChI=1S/C35H54O13/c1-16-30(48-32-28(41)26(39)25(38)23(14-36)47-32)27(40)29(42)31(45-16)46-19-6-9-33(2)18(13-19)4-5-22-21(33)7-10-34(3)20(8-11-35(22,34)43)17-12-24(37)44-15-17/h12,16,18-23,25-32,36,38-43H,4-11,13-15H2,1-3H3/t16-,18+,19+,20+,21-,22-,23-,25-,26+,27-,28-,29+,30-,31+,32+,33-,34+,35+/m0/s1. The second-order valence-corrected chi connectivity index (χ2v) is 16.3. The molecule has 4 aliphatic carbocycles. The summed E-state index contributed by atoms with van der Waals surface area (Å²) in [6.45, 7) is 5.97. The van der Waals surface area contributed by atoms with Crippen LogP contribution in [0.1, 0.15) is 78.6 Å². The first-order valence-electron chi connectivity index (χ1n) is 17.9. The molecule has 0 radical (unpaired) electrons. The number of hydrogen-bond donors (Lipinski definition) is 7. The van der Waals surface area contributed by atoms with E-state index >= 15 is 0 Å². The monoisotopic (exact) mass is 682 g/mol. The molecule has 0 aromatic heterocycles. The SMILES string of the molecule is C[C@@H]1O[C@H](O[C@@H]2CC[C@@]3(C)[C@H](CC[C@H]4[C@@H]3CC[C@]3(C)[C@@H](C5=CC(=O)OC5)CC[C@@]43O)C2)[C@H](O)[C@H](O)[C@H]1O[C@H]1O[C@@H](CO)[C@H](O)[C@@H](O)[C@@H]1O. The van der Waals surface area contributed by atoms with Crippen LogP contribution in [0.3, 0.4) is 0 Å². The molecule has 3 heterocycles. The molecule has 4 saturated carbocycles. The predicted molar refractivity (Wildman–Crippen MR) is 166 cm³/mol. The molecule has 6 fully saturated rings. The van der Waals surface area contributed by atoms with Gasteiger partial charge in [-0.15, -0.1) is 0 Å². The molecule has 272 valence electrons. The van der Waals surface area contributed by atoms with Crippen LogP contribution in [0.15, 0.2) is 11.6 Å². The molecule has 7 rings (SSSR count). The quantitative estimate of drug-likeness (QED) is 0.149. The average Bonchev–Trinajstić information content (AvgIpc) is 3.61. The van der Waals surface area contributed by atoms with Gasteiger partial charge in [0.05, 0.1) is 24.4 Å². The maximum atomic E-state index is 12.5. The lowest BCUT2D eigenvalue weighted by molar-refractivity contribution is -0.360. The molecule has 7 aliphatic rings. The van der Waals surface area contributed by atoms with Gasteiger partial charge in [0.15, 0.2) is 12.6 Å². The van der Waals surface area contributed by atoms with Crippen molar-refractivity contribution in [2.45, 2.75) is 152 Å². The maximum Gasteiger partial charge on any atom is 0.331 e. The second-order valence-electron chi connectivity index (χ2n) is 16.3. The van der Waals surface area contributed by atoms with Crippen molar-refractivity contribution in [1.29, 1.82) is 0 Å². The molecule has 0 aromatic rings. The minimum absolute atomic E-state index is 0.0345. The number of cyclic esters (lactones) is 1. The van der Waals surface area contributed by atoms with E-state index in [1.807, 2.05) is 0 Å². The molecule has 0 spiro atoms. The minimum atomic E-state index is -1.65. The largest absolute Gasteiger partial charge is 0.458 e. The summed E-state index contributed by atoms with van der Waals surface area (Å²) in [6, 6.07) is 0. The number of hydrogen-bond acceptors (Lipinski definition) is 13. The number of carbonyl (C=O) groups is 1. The average molecular weight is 683 g/mol. The van der Waals surface area contributed by atoms with Crippen LogP contribution in [-0.4, -0.2) is 128 Å². The number of carbonyl (C=O) groups excluding carboxylic acids is 1. The molecule has 18 atom stereocenters. The van der Waals surface area contributed by atoms with Gasteiger partial charge in [0.1, 0.15) is 49.3 Å². The van der Waals surface area contributed by atoms with Crippen molar-refractivity contribution in [3.63, 3.8) is 0 Å². The molecule has 2 saturated heterocycles. The molecule has 48 heavy (non-hydrogen) atoms. The van der Waals surface area contributed by atoms with Gasteiger partial charge < -0.3 is 59.4 Å². The van der Waals surface area contributed by atoms with Crippen molar-refractivity contribution in [2.24, 2.45) is 34.5 Å². The first kappa shape index (κ1) is 35.2. The van der Waals surface area contributed by atoms with E-state index in [0.717, 1.165) is 63.4 Å². The van der Waals surface area contributed by atoms with E-state index in [9.17, 15) is 40.5 Å². The molecule has 13 nitrogen and oxygen atoms in total. The van der Waals surface area contributed by atoms with Crippen molar-refractivity contribution in [3.05, 3.63) is 11.6 Å². The fraction of sp³-hybridized carbons (Fsp3) is 0.914. The van der Waals surface area contributed by atoms with E-state index in [-0.39, 0.29) is 34.7 Å². The minimum Gasteiger partial charge on any atom is -0.458 e. The van der Waals surface area contributed by atoms with Gasteiger partial charge in [-0.2, -0.15) is 0 Å². The fourth-order valence-electron chi connectivity index (χ4n) is 11.3. The highest BCUT2D eigenvalue weighted by molar-refractivity contribution is 5.85. The zero-order valence-electron chi connectivity index (χ0n) is 28.1. The van der Waals surface area contributed by atoms with Gasteiger partial charge >= 0.3 is 5.97 Å². The molecule has 7 N–H and O–H groups in total. The molecule has 13 heteroatoms. The Morgan fingerprint density at radius 2 is 1.56 bits per heavy atom.